The Morgan fingerprint density at radius 3 is 2.42 bits per heavy atom. The molecule has 2 aromatic rings. The van der Waals surface area contributed by atoms with Gasteiger partial charge in [0, 0.05) is 31.6 Å². The van der Waals surface area contributed by atoms with Gasteiger partial charge in [0.15, 0.2) is 0 Å². The van der Waals surface area contributed by atoms with Gasteiger partial charge in [0.1, 0.15) is 5.75 Å². The maximum atomic E-state index is 13.3. The highest BCUT2D eigenvalue weighted by atomic mass is 32.2. The SMILES string of the molecule is COc1ccccc1C(C)N(C)C(=O)C1CCN(S(=O)(=O)c2ccc3c(c2)CCCC3)CC1. The maximum absolute atomic E-state index is 13.3. The minimum Gasteiger partial charge on any atom is -0.496 e. The molecule has 0 spiro atoms. The summed E-state index contributed by atoms with van der Waals surface area (Å²) in [6.45, 7) is 2.73. The average Bonchev–Trinajstić information content (AvgIpc) is 2.87. The Bertz CT molecular complexity index is 1110. The third kappa shape index (κ3) is 4.80. The molecular formula is C26H34N2O4S. The molecular weight excluding hydrogens is 436 g/mol. The number of methoxy groups -OCH3 is 1. The largest absolute Gasteiger partial charge is 0.496 e. The number of sulfonamides is 1. The first kappa shape index (κ1) is 23.8. The van der Waals surface area contributed by atoms with Crippen LogP contribution in [0, 0.1) is 5.92 Å². The minimum atomic E-state index is -3.54. The number of amides is 1. The number of hydrogen-bond acceptors (Lipinski definition) is 4. The highest BCUT2D eigenvalue weighted by Crippen LogP contribution is 2.32. The second-order valence-corrected chi connectivity index (χ2v) is 11.1. The Balaban J connectivity index is 1.41. The smallest absolute Gasteiger partial charge is 0.243 e. The standard InChI is InChI=1S/C26H34N2O4S/c1-19(24-10-6-7-11-25(24)32-3)27(2)26(29)21-14-16-28(17-15-21)33(30,31)23-13-12-20-8-4-5-9-22(20)18-23/h6-7,10-13,18-19,21H,4-5,8-9,14-17H2,1-3H3. The van der Waals surface area contributed by atoms with Crippen molar-refractivity contribution in [2.75, 3.05) is 27.2 Å². The number of nitrogens with zero attached hydrogens (tertiary/aromatic N) is 2. The fraction of sp³-hybridized carbons (Fsp3) is 0.500. The van der Waals surface area contributed by atoms with Crippen molar-refractivity contribution in [1.82, 2.24) is 9.21 Å². The number of carbonyl (C=O) groups is 1. The van der Waals surface area contributed by atoms with Crippen molar-refractivity contribution in [3.05, 3.63) is 59.2 Å². The molecule has 0 saturated carbocycles. The number of ether oxygens (including phenoxy) is 1. The predicted octanol–water partition coefficient (Wildman–Crippen LogP) is 4.19. The van der Waals surface area contributed by atoms with Gasteiger partial charge in [-0.3, -0.25) is 4.79 Å². The first-order chi connectivity index (χ1) is 15.8. The summed E-state index contributed by atoms with van der Waals surface area (Å²) in [6, 6.07) is 13.2. The van der Waals surface area contributed by atoms with Crippen LogP contribution in [0.25, 0.3) is 0 Å². The summed E-state index contributed by atoms with van der Waals surface area (Å²) < 4.78 is 33.5. The van der Waals surface area contributed by atoms with Gasteiger partial charge < -0.3 is 9.64 Å². The van der Waals surface area contributed by atoms with Crippen LogP contribution >= 0.6 is 0 Å². The lowest BCUT2D eigenvalue weighted by molar-refractivity contribution is -0.137. The number of para-hydroxylation sites is 1. The van der Waals surface area contributed by atoms with Crippen molar-refractivity contribution in [1.29, 1.82) is 0 Å². The summed E-state index contributed by atoms with van der Waals surface area (Å²) in [5.41, 5.74) is 3.40. The molecule has 6 nitrogen and oxygen atoms in total. The molecule has 178 valence electrons. The van der Waals surface area contributed by atoms with E-state index >= 15 is 0 Å². The number of hydrogen-bond donors (Lipinski definition) is 0. The number of rotatable bonds is 6. The Kier molecular flexibility index (Phi) is 7.10. The van der Waals surface area contributed by atoms with Gasteiger partial charge in [-0.25, -0.2) is 8.42 Å². The quantitative estimate of drug-likeness (QED) is 0.635. The molecule has 7 heteroatoms. The van der Waals surface area contributed by atoms with Crippen LogP contribution in [-0.4, -0.2) is 50.8 Å². The average molecular weight is 471 g/mol. The zero-order valence-electron chi connectivity index (χ0n) is 19.8. The zero-order chi connectivity index (χ0) is 23.6. The highest BCUT2D eigenvalue weighted by molar-refractivity contribution is 7.89. The van der Waals surface area contributed by atoms with Crippen LogP contribution in [0.5, 0.6) is 5.75 Å². The van der Waals surface area contributed by atoms with E-state index in [0.717, 1.165) is 30.6 Å². The Morgan fingerprint density at radius 1 is 1.06 bits per heavy atom. The van der Waals surface area contributed by atoms with Crippen LogP contribution in [0.15, 0.2) is 47.4 Å². The van der Waals surface area contributed by atoms with Gasteiger partial charge in [-0.05, 0) is 74.8 Å². The third-order valence-electron chi connectivity index (χ3n) is 7.28. The van der Waals surface area contributed by atoms with Crippen molar-refractivity contribution in [3.63, 3.8) is 0 Å². The van der Waals surface area contributed by atoms with E-state index in [0.29, 0.717) is 30.8 Å². The van der Waals surface area contributed by atoms with Crippen molar-refractivity contribution >= 4 is 15.9 Å². The molecule has 1 atom stereocenters. The van der Waals surface area contributed by atoms with Crippen LogP contribution in [0.4, 0.5) is 0 Å². The van der Waals surface area contributed by atoms with Crippen LogP contribution < -0.4 is 4.74 Å². The van der Waals surface area contributed by atoms with Crippen molar-refractivity contribution in [3.8, 4) is 5.75 Å². The molecule has 0 radical (unpaired) electrons. The van der Waals surface area contributed by atoms with Gasteiger partial charge in [-0.2, -0.15) is 4.31 Å². The molecule has 1 amide bonds. The van der Waals surface area contributed by atoms with Crippen molar-refractivity contribution < 1.29 is 17.9 Å². The Labute approximate surface area is 197 Å². The van der Waals surface area contributed by atoms with E-state index in [9.17, 15) is 13.2 Å². The van der Waals surface area contributed by atoms with E-state index in [1.54, 1.807) is 22.4 Å². The summed E-state index contributed by atoms with van der Waals surface area (Å²) in [5, 5.41) is 0. The van der Waals surface area contributed by atoms with Crippen LogP contribution in [0.3, 0.4) is 0 Å². The van der Waals surface area contributed by atoms with E-state index < -0.39 is 10.0 Å². The second-order valence-electron chi connectivity index (χ2n) is 9.18. The second kappa shape index (κ2) is 9.85. The summed E-state index contributed by atoms with van der Waals surface area (Å²) >= 11 is 0. The molecule has 33 heavy (non-hydrogen) atoms. The molecule has 1 heterocycles. The van der Waals surface area contributed by atoms with Gasteiger partial charge in [0.25, 0.3) is 0 Å². The number of fused-ring (bicyclic) bond motifs is 1. The maximum Gasteiger partial charge on any atom is 0.243 e. The molecule has 1 fully saturated rings. The number of aryl methyl sites for hydroxylation is 2. The Hall–Kier alpha value is -2.38. The zero-order valence-corrected chi connectivity index (χ0v) is 20.6. The molecule has 2 aromatic carbocycles. The van der Waals surface area contributed by atoms with E-state index in [-0.39, 0.29) is 17.9 Å². The van der Waals surface area contributed by atoms with Crippen LogP contribution in [0.2, 0.25) is 0 Å². The van der Waals surface area contributed by atoms with Crippen molar-refractivity contribution in [2.45, 2.75) is 56.4 Å². The van der Waals surface area contributed by atoms with Gasteiger partial charge in [-0.15, -0.1) is 0 Å². The number of benzene rings is 2. The molecule has 1 aliphatic heterocycles. The number of carbonyl (C=O) groups excluding carboxylic acids is 1. The summed E-state index contributed by atoms with van der Waals surface area (Å²) in [6.07, 6.45) is 5.34. The Morgan fingerprint density at radius 2 is 1.73 bits per heavy atom. The first-order valence-electron chi connectivity index (χ1n) is 11.8. The van der Waals surface area contributed by atoms with E-state index in [2.05, 4.69) is 0 Å². The monoisotopic (exact) mass is 470 g/mol. The summed E-state index contributed by atoms with van der Waals surface area (Å²) in [7, 11) is -0.0951. The molecule has 1 saturated heterocycles. The lowest BCUT2D eigenvalue weighted by Gasteiger charge is -2.35. The van der Waals surface area contributed by atoms with Gasteiger partial charge in [0.05, 0.1) is 18.0 Å². The normalized spacial score (nSPS) is 18.4. The van der Waals surface area contributed by atoms with Gasteiger partial charge in [0.2, 0.25) is 15.9 Å². The van der Waals surface area contributed by atoms with Crippen molar-refractivity contribution in [2.24, 2.45) is 5.92 Å². The van der Waals surface area contributed by atoms with Gasteiger partial charge >= 0.3 is 0 Å². The van der Waals surface area contributed by atoms with E-state index in [1.165, 1.54) is 17.5 Å². The molecule has 2 aliphatic rings. The topological polar surface area (TPSA) is 66.9 Å². The van der Waals surface area contributed by atoms with E-state index in [4.69, 9.17) is 4.74 Å². The fourth-order valence-electron chi connectivity index (χ4n) is 5.06. The first-order valence-corrected chi connectivity index (χ1v) is 13.3. The third-order valence-corrected chi connectivity index (χ3v) is 9.17. The van der Waals surface area contributed by atoms with Crippen LogP contribution in [0.1, 0.15) is 55.3 Å². The highest BCUT2D eigenvalue weighted by Gasteiger charge is 2.34. The van der Waals surface area contributed by atoms with Crippen LogP contribution in [-0.2, 0) is 27.7 Å². The fourth-order valence-corrected chi connectivity index (χ4v) is 6.58. The summed E-state index contributed by atoms with van der Waals surface area (Å²) in [4.78, 5) is 15.4. The number of piperidine rings is 1. The lowest BCUT2D eigenvalue weighted by atomic mass is 9.92. The minimum absolute atomic E-state index is 0.0548. The molecule has 1 unspecified atom stereocenters. The molecule has 4 rings (SSSR count). The predicted molar refractivity (Wildman–Crippen MR) is 129 cm³/mol. The molecule has 1 aliphatic carbocycles. The van der Waals surface area contributed by atoms with Gasteiger partial charge in [-0.1, -0.05) is 24.3 Å². The molecule has 0 aromatic heterocycles. The molecule has 0 N–H and O–H groups in total. The molecule has 0 bridgehead atoms. The lowest BCUT2D eigenvalue weighted by Crippen LogP contribution is -2.44. The summed E-state index contributed by atoms with van der Waals surface area (Å²) in [5.74, 6) is 0.636. The van der Waals surface area contributed by atoms with E-state index in [1.807, 2.05) is 50.4 Å².